The zero-order valence-electron chi connectivity index (χ0n) is 5.66. The first-order chi connectivity index (χ1) is 4.86. The van der Waals surface area contributed by atoms with Crippen LogP contribution in [0.4, 0.5) is 0 Å². The molecular weight excluding hydrogens is 125 g/mol. The normalized spacial score (nSPS) is 10.4. The highest BCUT2D eigenvalue weighted by molar-refractivity contribution is 6.28. The number of rotatable bonds is 0. The van der Waals surface area contributed by atoms with Gasteiger partial charge in [-0.3, -0.25) is 0 Å². The molecule has 0 saturated carbocycles. The molecule has 48 valence electrons. The van der Waals surface area contributed by atoms with E-state index < -0.39 is 0 Å². The Morgan fingerprint density at radius 3 is 2.90 bits per heavy atom. The van der Waals surface area contributed by atoms with Crippen LogP contribution in [0.15, 0.2) is 28.7 Å². The van der Waals surface area contributed by atoms with Crippen molar-refractivity contribution in [3.63, 3.8) is 0 Å². The molecule has 0 bridgehead atoms. The van der Waals surface area contributed by atoms with Gasteiger partial charge < -0.3 is 4.42 Å². The molecule has 0 aliphatic heterocycles. The molecule has 0 aliphatic carbocycles. The van der Waals surface area contributed by atoms with Crippen molar-refractivity contribution in [3.05, 3.63) is 24.3 Å². The van der Waals surface area contributed by atoms with Crippen LogP contribution in [0, 0.1) is 0 Å². The van der Waals surface area contributed by atoms with Crippen LogP contribution in [-0.2, 0) is 0 Å². The minimum atomic E-state index is 0.723. The van der Waals surface area contributed by atoms with Crippen LogP contribution in [0.1, 0.15) is 0 Å². The van der Waals surface area contributed by atoms with E-state index in [9.17, 15) is 0 Å². The van der Waals surface area contributed by atoms with E-state index in [0.717, 1.165) is 16.9 Å². The van der Waals surface area contributed by atoms with E-state index in [1.54, 1.807) is 0 Å². The average Bonchev–Trinajstić information content (AvgIpc) is 2.27. The van der Waals surface area contributed by atoms with E-state index in [1.165, 1.54) is 0 Å². The molecule has 0 radical (unpaired) electrons. The number of hydrogen-bond acceptors (Lipinski definition) is 2. The van der Waals surface area contributed by atoms with E-state index in [1.807, 2.05) is 32.1 Å². The van der Waals surface area contributed by atoms with Crippen LogP contribution in [0.3, 0.4) is 0 Å². The molecule has 0 fully saturated rings. The molecule has 1 aromatic carbocycles. The average molecular weight is 131 g/mol. The minimum absolute atomic E-state index is 0.723. The van der Waals surface area contributed by atoms with Crippen LogP contribution >= 0.6 is 0 Å². The van der Waals surface area contributed by atoms with Crippen molar-refractivity contribution in [2.75, 3.05) is 0 Å². The summed E-state index contributed by atoms with van der Waals surface area (Å²) in [4.78, 5) is 4.15. The number of nitrogens with zero attached hydrogens (tertiary/aromatic N) is 1. The summed E-state index contributed by atoms with van der Waals surface area (Å²) in [6.45, 7) is 0. The van der Waals surface area contributed by atoms with Crippen LogP contribution in [0.25, 0.3) is 11.1 Å². The van der Waals surface area contributed by atoms with E-state index in [2.05, 4.69) is 4.98 Å². The van der Waals surface area contributed by atoms with Gasteiger partial charge in [-0.1, -0.05) is 12.1 Å². The first kappa shape index (κ1) is 5.53. The van der Waals surface area contributed by atoms with Gasteiger partial charge in [-0.2, -0.15) is 0 Å². The molecule has 0 N–H and O–H groups in total. The Morgan fingerprint density at radius 1 is 1.30 bits per heavy atom. The summed E-state index contributed by atoms with van der Waals surface area (Å²) in [5, 5.41) is 0. The lowest BCUT2D eigenvalue weighted by atomic mass is 10.2. The van der Waals surface area contributed by atoms with Crippen molar-refractivity contribution in [2.24, 2.45) is 0 Å². The lowest BCUT2D eigenvalue weighted by Crippen LogP contribution is -1.99. The first-order valence-electron chi connectivity index (χ1n) is 3.18. The highest BCUT2D eigenvalue weighted by atomic mass is 16.3. The molecule has 0 spiro atoms. The number of oxazole rings is 1. The van der Waals surface area contributed by atoms with Crippen molar-refractivity contribution >= 4 is 24.7 Å². The van der Waals surface area contributed by atoms with E-state index in [0.29, 0.717) is 0 Å². The van der Waals surface area contributed by atoms with Gasteiger partial charge >= 0.3 is 0 Å². The second kappa shape index (κ2) is 1.87. The number of para-hydroxylation sites is 2. The first-order valence-corrected chi connectivity index (χ1v) is 3.18. The van der Waals surface area contributed by atoms with Crippen molar-refractivity contribution in [1.82, 2.24) is 4.98 Å². The third kappa shape index (κ3) is 0.710. The molecule has 1 aromatic heterocycles. The Bertz CT molecular complexity index is 322. The zero-order chi connectivity index (χ0) is 6.97. The third-order valence-corrected chi connectivity index (χ3v) is 1.40. The van der Waals surface area contributed by atoms with Crippen molar-refractivity contribution in [3.8, 4) is 0 Å². The third-order valence-electron chi connectivity index (χ3n) is 1.40. The summed E-state index contributed by atoms with van der Waals surface area (Å²) in [7, 11) is 1.85. The summed E-state index contributed by atoms with van der Waals surface area (Å²) in [5.74, 6) is 0.723. The van der Waals surface area contributed by atoms with Gasteiger partial charge in [0.05, 0.1) is 0 Å². The van der Waals surface area contributed by atoms with Gasteiger partial charge in [0.25, 0.3) is 0 Å². The van der Waals surface area contributed by atoms with Crippen LogP contribution in [0.5, 0.6) is 0 Å². The lowest BCUT2D eigenvalue weighted by Gasteiger charge is -1.79. The maximum atomic E-state index is 5.26. The fourth-order valence-corrected chi connectivity index (χ4v) is 0.987. The Morgan fingerprint density at radius 2 is 2.10 bits per heavy atom. The summed E-state index contributed by atoms with van der Waals surface area (Å²) in [6, 6.07) is 7.73. The molecule has 10 heavy (non-hydrogen) atoms. The van der Waals surface area contributed by atoms with Gasteiger partial charge in [0.2, 0.25) is 7.85 Å². The highest BCUT2D eigenvalue weighted by Gasteiger charge is 1.96. The molecule has 2 nitrogen and oxygen atoms in total. The quantitative estimate of drug-likeness (QED) is 0.473. The Kier molecular flexibility index (Phi) is 1.03. The molecule has 0 unspecified atom stereocenters. The Labute approximate surface area is 59.3 Å². The van der Waals surface area contributed by atoms with E-state index >= 15 is 0 Å². The molecule has 0 amide bonds. The molecule has 0 atom stereocenters. The smallest absolute Gasteiger partial charge is 0.212 e. The van der Waals surface area contributed by atoms with Gasteiger partial charge in [-0.25, -0.2) is 4.98 Å². The predicted octanol–water partition coefficient (Wildman–Crippen LogP) is 0.0862. The fourth-order valence-electron chi connectivity index (χ4n) is 0.987. The molecule has 0 aliphatic rings. The molecule has 2 aromatic rings. The van der Waals surface area contributed by atoms with Gasteiger partial charge in [-0.05, 0) is 12.1 Å². The topological polar surface area (TPSA) is 26.0 Å². The van der Waals surface area contributed by atoms with Gasteiger partial charge in [-0.15, -0.1) is 0 Å². The molecule has 1 heterocycles. The van der Waals surface area contributed by atoms with Crippen LogP contribution < -0.4 is 5.79 Å². The summed E-state index contributed by atoms with van der Waals surface area (Å²) in [6.07, 6.45) is 0. The van der Waals surface area contributed by atoms with Crippen molar-refractivity contribution < 1.29 is 4.42 Å². The van der Waals surface area contributed by atoms with Crippen molar-refractivity contribution in [2.45, 2.75) is 0 Å². The molecule has 3 heteroatoms. The Balaban J connectivity index is 2.88. The Hall–Kier alpha value is -1.25. The fraction of sp³-hybridized carbons (Fsp3) is 0. The molecule has 2 rings (SSSR count). The minimum Gasteiger partial charge on any atom is -0.452 e. The van der Waals surface area contributed by atoms with Crippen LogP contribution in [-0.4, -0.2) is 12.8 Å². The monoisotopic (exact) mass is 131 g/mol. The molecular formula is C7H6BNO. The highest BCUT2D eigenvalue weighted by Crippen LogP contribution is 2.07. The second-order valence-corrected chi connectivity index (χ2v) is 2.20. The summed E-state index contributed by atoms with van der Waals surface area (Å²) >= 11 is 0. The lowest BCUT2D eigenvalue weighted by molar-refractivity contribution is 0.644. The summed E-state index contributed by atoms with van der Waals surface area (Å²) in [5.41, 5.74) is 1.79. The van der Waals surface area contributed by atoms with Crippen LogP contribution in [0.2, 0.25) is 0 Å². The molecule has 0 saturated heterocycles. The van der Waals surface area contributed by atoms with E-state index in [4.69, 9.17) is 4.42 Å². The summed E-state index contributed by atoms with van der Waals surface area (Å²) < 4.78 is 5.26. The van der Waals surface area contributed by atoms with Crippen molar-refractivity contribution in [1.29, 1.82) is 0 Å². The number of aromatic nitrogens is 1. The number of fused-ring (bicyclic) bond motifs is 1. The maximum Gasteiger partial charge on any atom is 0.212 e. The zero-order valence-corrected chi connectivity index (χ0v) is 5.66. The maximum absolute atomic E-state index is 5.26. The second-order valence-electron chi connectivity index (χ2n) is 2.20. The van der Waals surface area contributed by atoms with Gasteiger partial charge in [0.15, 0.2) is 5.58 Å². The largest absolute Gasteiger partial charge is 0.452 e. The number of hydrogen-bond donors (Lipinski definition) is 0. The predicted molar refractivity (Wildman–Crippen MR) is 42.2 cm³/mol. The number of benzene rings is 1. The van der Waals surface area contributed by atoms with E-state index in [-0.39, 0.29) is 0 Å². The van der Waals surface area contributed by atoms with Gasteiger partial charge in [0, 0.05) is 0 Å². The van der Waals surface area contributed by atoms with Gasteiger partial charge in [0.1, 0.15) is 11.3 Å². The standard InChI is InChI=1S/C7H6BNO/c8-7-9-5-3-1-2-4-6(5)10-7/h1-4H,8H2. The SMILES string of the molecule is Bc1nc2ccccc2o1.